The maximum absolute atomic E-state index is 11.6. The van der Waals surface area contributed by atoms with Gasteiger partial charge in [-0.25, -0.2) is 0 Å². The number of aliphatic hydroxyl groups excluding tert-OH is 1. The van der Waals surface area contributed by atoms with Crippen LogP contribution in [-0.2, 0) is 4.79 Å². The highest BCUT2D eigenvalue weighted by Gasteiger charge is 2.25. The maximum atomic E-state index is 11.6. The molecular weight excluding hydrogens is 180 g/mol. The highest BCUT2D eigenvalue weighted by atomic mass is 16.3. The van der Waals surface area contributed by atoms with Gasteiger partial charge in [0.15, 0.2) is 0 Å². The van der Waals surface area contributed by atoms with E-state index in [0.717, 1.165) is 25.9 Å². The fraction of sp³-hybridized carbons (Fsp3) is 0.900. The van der Waals surface area contributed by atoms with Gasteiger partial charge >= 0.3 is 0 Å². The second-order valence-corrected chi connectivity index (χ2v) is 4.19. The molecule has 0 aromatic rings. The molecule has 0 saturated carbocycles. The van der Waals surface area contributed by atoms with Crippen molar-refractivity contribution < 1.29 is 9.90 Å². The number of amides is 1. The molecule has 0 spiro atoms. The van der Waals surface area contributed by atoms with Crippen LogP contribution in [0.15, 0.2) is 0 Å². The van der Waals surface area contributed by atoms with Gasteiger partial charge in [0.2, 0.25) is 5.91 Å². The van der Waals surface area contributed by atoms with E-state index in [9.17, 15) is 4.79 Å². The summed E-state index contributed by atoms with van der Waals surface area (Å²) in [6.45, 7) is 3.70. The molecule has 1 aliphatic heterocycles. The van der Waals surface area contributed by atoms with Crippen molar-refractivity contribution in [2.24, 2.45) is 11.7 Å². The zero-order valence-electron chi connectivity index (χ0n) is 8.78. The Balaban J connectivity index is 2.30. The summed E-state index contributed by atoms with van der Waals surface area (Å²) in [7, 11) is 0. The molecule has 1 heterocycles. The molecule has 1 fully saturated rings. The predicted molar refractivity (Wildman–Crippen MR) is 54.7 cm³/mol. The van der Waals surface area contributed by atoms with E-state index in [1.807, 2.05) is 11.8 Å². The summed E-state index contributed by atoms with van der Waals surface area (Å²) in [6, 6.07) is -0.0561. The van der Waals surface area contributed by atoms with Gasteiger partial charge in [0.25, 0.3) is 0 Å². The number of carbonyl (C=O) groups is 1. The zero-order valence-corrected chi connectivity index (χ0v) is 8.78. The predicted octanol–water partition coefficient (Wildman–Crippen LogP) is -0.0454. The second-order valence-electron chi connectivity index (χ2n) is 4.19. The van der Waals surface area contributed by atoms with E-state index in [-0.39, 0.29) is 18.6 Å². The lowest BCUT2D eigenvalue weighted by Gasteiger charge is -2.17. The zero-order chi connectivity index (χ0) is 10.6. The number of hydrogen-bond donors (Lipinski definition) is 2. The Morgan fingerprint density at radius 3 is 3.00 bits per heavy atom. The molecule has 2 atom stereocenters. The second kappa shape index (κ2) is 5.32. The van der Waals surface area contributed by atoms with Gasteiger partial charge in [-0.05, 0) is 25.7 Å². The average Bonchev–Trinajstić information content (AvgIpc) is 2.52. The number of nitrogens with zero attached hydrogens (tertiary/aromatic N) is 1. The highest BCUT2D eigenvalue weighted by molar-refractivity contribution is 5.77. The van der Waals surface area contributed by atoms with Crippen molar-refractivity contribution in [3.8, 4) is 0 Å². The normalized spacial score (nSPS) is 23.9. The maximum Gasteiger partial charge on any atom is 0.224 e. The van der Waals surface area contributed by atoms with Crippen LogP contribution in [0.2, 0.25) is 0 Å². The smallest absolute Gasteiger partial charge is 0.224 e. The van der Waals surface area contributed by atoms with Crippen molar-refractivity contribution in [1.29, 1.82) is 0 Å². The number of carbonyl (C=O) groups excluding carboxylic acids is 1. The van der Waals surface area contributed by atoms with Gasteiger partial charge in [0.05, 0.1) is 0 Å². The number of aliphatic hydroxyl groups is 1. The minimum Gasteiger partial charge on any atom is -0.396 e. The van der Waals surface area contributed by atoms with E-state index in [1.165, 1.54) is 0 Å². The molecule has 4 nitrogen and oxygen atoms in total. The molecule has 0 radical (unpaired) electrons. The third-order valence-corrected chi connectivity index (χ3v) is 2.67. The third kappa shape index (κ3) is 3.27. The summed E-state index contributed by atoms with van der Waals surface area (Å²) in [5.41, 5.74) is 5.57. The van der Waals surface area contributed by atoms with Crippen LogP contribution in [0.25, 0.3) is 0 Å². The van der Waals surface area contributed by atoms with E-state index in [0.29, 0.717) is 12.3 Å². The molecule has 0 aromatic heterocycles. The van der Waals surface area contributed by atoms with Crippen molar-refractivity contribution in [2.45, 2.75) is 32.2 Å². The summed E-state index contributed by atoms with van der Waals surface area (Å²) in [5.74, 6) is 0.637. The molecule has 0 aliphatic carbocycles. The first-order valence-corrected chi connectivity index (χ1v) is 5.27. The van der Waals surface area contributed by atoms with E-state index in [1.54, 1.807) is 0 Å². The molecule has 2 unspecified atom stereocenters. The van der Waals surface area contributed by atoms with Gasteiger partial charge < -0.3 is 15.7 Å². The van der Waals surface area contributed by atoms with Gasteiger partial charge in [-0.2, -0.15) is 0 Å². The first kappa shape index (κ1) is 11.5. The molecule has 0 aromatic carbocycles. The Morgan fingerprint density at radius 1 is 1.71 bits per heavy atom. The standard InChI is InChI=1S/C10H20N2O2/c1-8(11)6-10(14)12-4-2-9(7-12)3-5-13/h8-9,13H,2-7,11H2,1H3. The van der Waals surface area contributed by atoms with Crippen LogP contribution in [0.4, 0.5) is 0 Å². The minimum atomic E-state index is -0.0561. The van der Waals surface area contributed by atoms with E-state index in [4.69, 9.17) is 10.8 Å². The number of likely N-dealkylation sites (tertiary alicyclic amines) is 1. The van der Waals surface area contributed by atoms with E-state index < -0.39 is 0 Å². The topological polar surface area (TPSA) is 66.6 Å². The van der Waals surface area contributed by atoms with Crippen LogP contribution in [-0.4, -0.2) is 41.7 Å². The summed E-state index contributed by atoms with van der Waals surface area (Å²) in [5, 5.41) is 8.77. The van der Waals surface area contributed by atoms with Gasteiger partial charge in [-0.1, -0.05) is 0 Å². The monoisotopic (exact) mass is 200 g/mol. The van der Waals surface area contributed by atoms with Gasteiger partial charge in [-0.3, -0.25) is 4.79 Å². The van der Waals surface area contributed by atoms with Crippen molar-refractivity contribution in [1.82, 2.24) is 4.90 Å². The summed E-state index contributed by atoms with van der Waals surface area (Å²) >= 11 is 0. The SMILES string of the molecule is CC(N)CC(=O)N1CCC(CCO)C1. The molecule has 1 aliphatic rings. The van der Waals surface area contributed by atoms with Crippen LogP contribution in [0.1, 0.15) is 26.2 Å². The number of hydrogen-bond acceptors (Lipinski definition) is 3. The summed E-state index contributed by atoms with van der Waals surface area (Å²) < 4.78 is 0. The van der Waals surface area contributed by atoms with E-state index >= 15 is 0 Å². The van der Waals surface area contributed by atoms with E-state index in [2.05, 4.69) is 0 Å². The van der Waals surface area contributed by atoms with Gasteiger partial charge in [0, 0.05) is 32.2 Å². The Bertz CT molecular complexity index is 195. The summed E-state index contributed by atoms with van der Waals surface area (Å²) in [4.78, 5) is 13.5. The average molecular weight is 200 g/mol. The Labute approximate surface area is 85.1 Å². The van der Waals surface area contributed by atoms with Crippen molar-refractivity contribution in [2.75, 3.05) is 19.7 Å². The van der Waals surface area contributed by atoms with Crippen LogP contribution in [0.5, 0.6) is 0 Å². The summed E-state index contributed by atoms with van der Waals surface area (Å²) in [6.07, 6.45) is 2.26. The van der Waals surface area contributed by atoms with Gasteiger partial charge in [0.1, 0.15) is 0 Å². The lowest BCUT2D eigenvalue weighted by molar-refractivity contribution is -0.130. The van der Waals surface area contributed by atoms with Crippen LogP contribution >= 0.6 is 0 Å². The largest absolute Gasteiger partial charge is 0.396 e. The molecule has 1 rings (SSSR count). The van der Waals surface area contributed by atoms with Crippen LogP contribution in [0, 0.1) is 5.92 Å². The first-order chi connectivity index (χ1) is 6.63. The third-order valence-electron chi connectivity index (χ3n) is 2.67. The minimum absolute atomic E-state index is 0.0561. The lowest BCUT2D eigenvalue weighted by Crippen LogP contribution is -2.33. The molecule has 82 valence electrons. The molecular formula is C10H20N2O2. The number of rotatable bonds is 4. The van der Waals surface area contributed by atoms with Crippen molar-refractivity contribution in [3.05, 3.63) is 0 Å². The van der Waals surface area contributed by atoms with Gasteiger partial charge in [-0.15, -0.1) is 0 Å². The quantitative estimate of drug-likeness (QED) is 0.669. The lowest BCUT2D eigenvalue weighted by atomic mass is 10.1. The van der Waals surface area contributed by atoms with Crippen molar-refractivity contribution in [3.63, 3.8) is 0 Å². The van der Waals surface area contributed by atoms with Crippen molar-refractivity contribution >= 4 is 5.91 Å². The fourth-order valence-electron chi connectivity index (χ4n) is 1.88. The Morgan fingerprint density at radius 2 is 2.43 bits per heavy atom. The molecule has 4 heteroatoms. The molecule has 0 bridgehead atoms. The molecule has 14 heavy (non-hydrogen) atoms. The Kier molecular flexibility index (Phi) is 4.35. The molecule has 1 amide bonds. The highest BCUT2D eigenvalue weighted by Crippen LogP contribution is 2.19. The van der Waals surface area contributed by atoms with Crippen LogP contribution < -0.4 is 5.73 Å². The fourth-order valence-corrected chi connectivity index (χ4v) is 1.88. The molecule has 1 saturated heterocycles. The number of nitrogens with two attached hydrogens (primary N) is 1. The van der Waals surface area contributed by atoms with Crippen LogP contribution in [0.3, 0.4) is 0 Å². The first-order valence-electron chi connectivity index (χ1n) is 5.27. The molecule has 3 N–H and O–H groups in total. The Hall–Kier alpha value is -0.610.